The molecule has 1 aliphatic rings. The molecule has 29 heavy (non-hydrogen) atoms. The molecule has 0 radical (unpaired) electrons. The van der Waals surface area contributed by atoms with Gasteiger partial charge in [0.15, 0.2) is 0 Å². The van der Waals surface area contributed by atoms with Gasteiger partial charge in [-0.15, -0.1) is 0 Å². The van der Waals surface area contributed by atoms with Gasteiger partial charge in [-0.2, -0.15) is 0 Å². The summed E-state index contributed by atoms with van der Waals surface area (Å²) in [5.74, 6) is -0.821. The van der Waals surface area contributed by atoms with E-state index >= 15 is 0 Å². The van der Waals surface area contributed by atoms with Gasteiger partial charge in [0.1, 0.15) is 5.82 Å². The fourth-order valence-corrected chi connectivity index (χ4v) is 3.72. The number of carbonyl (C=O) groups excluding carboxylic acids is 2. The number of primary amides is 1. The van der Waals surface area contributed by atoms with Crippen molar-refractivity contribution < 1.29 is 14.0 Å². The highest BCUT2D eigenvalue weighted by Crippen LogP contribution is 2.29. The number of hydrogen-bond donors (Lipinski definition) is 3. The smallest absolute Gasteiger partial charge is 0.312 e. The molecule has 1 atom stereocenters. The Labute approximate surface area is 170 Å². The van der Waals surface area contributed by atoms with Gasteiger partial charge in [-0.25, -0.2) is 9.18 Å². The van der Waals surface area contributed by atoms with Gasteiger partial charge in [0, 0.05) is 18.7 Å². The molecule has 3 rings (SSSR count). The molecule has 6 nitrogen and oxygen atoms in total. The van der Waals surface area contributed by atoms with Crippen molar-refractivity contribution in [1.29, 1.82) is 0 Å². The first-order chi connectivity index (χ1) is 14.0. The van der Waals surface area contributed by atoms with Gasteiger partial charge in [0.05, 0.1) is 23.8 Å². The highest BCUT2D eigenvalue weighted by Gasteiger charge is 2.22. The average molecular weight is 398 g/mol. The van der Waals surface area contributed by atoms with Crippen molar-refractivity contribution in [1.82, 2.24) is 5.32 Å². The number of anilines is 2. The molecule has 0 saturated carbocycles. The first kappa shape index (κ1) is 20.6. The number of hydrogen-bond acceptors (Lipinski definition) is 3. The fraction of sp³-hybridized carbons (Fsp3) is 0.364. The zero-order chi connectivity index (χ0) is 20.6. The lowest BCUT2D eigenvalue weighted by Gasteiger charge is -2.26. The summed E-state index contributed by atoms with van der Waals surface area (Å²) in [4.78, 5) is 26.4. The lowest BCUT2D eigenvalue weighted by atomic mass is 10.0. The quantitative estimate of drug-likeness (QED) is 0.689. The van der Waals surface area contributed by atoms with Crippen molar-refractivity contribution in [2.75, 3.05) is 23.3 Å². The zero-order valence-electron chi connectivity index (χ0n) is 16.4. The first-order valence-corrected chi connectivity index (χ1v) is 9.99. The number of urea groups is 1. The molecule has 7 heteroatoms. The van der Waals surface area contributed by atoms with E-state index in [1.165, 1.54) is 25.0 Å². The highest BCUT2D eigenvalue weighted by atomic mass is 19.1. The van der Waals surface area contributed by atoms with Crippen LogP contribution in [0.15, 0.2) is 48.5 Å². The van der Waals surface area contributed by atoms with Crippen molar-refractivity contribution >= 4 is 23.3 Å². The number of amides is 3. The number of carbonyl (C=O) groups is 2. The maximum atomic E-state index is 14.2. The van der Waals surface area contributed by atoms with E-state index in [1.807, 2.05) is 24.3 Å². The van der Waals surface area contributed by atoms with Gasteiger partial charge in [0.2, 0.25) is 5.91 Å². The Hall–Kier alpha value is -3.09. The maximum absolute atomic E-state index is 14.2. The molecule has 1 heterocycles. The van der Waals surface area contributed by atoms with E-state index in [-0.39, 0.29) is 17.9 Å². The molecule has 3 amide bonds. The molecule has 1 saturated heterocycles. The minimum absolute atomic E-state index is 0.127. The third-order valence-corrected chi connectivity index (χ3v) is 5.11. The van der Waals surface area contributed by atoms with Gasteiger partial charge >= 0.3 is 6.03 Å². The summed E-state index contributed by atoms with van der Waals surface area (Å²) in [6.45, 7) is 1.90. The van der Waals surface area contributed by atoms with Crippen LogP contribution in [-0.2, 0) is 4.79 Å². The van der Waals surface area contributed by atoms with Crippen molar-refractivity contribution in [3.63, 3.8) is 0 Å². The maximum Gasteiger partial charge on any atom is 0.312 e. The zero-order valence-corrected chi connectivity index (χ0v) is 16.4. The third kappa shape index (κ3) is 5.70. The Balaban J connectivity index is 1.75. The molecule has 1 aliphatic heterocycles. The lowest BCUT2D eigenvalue weighted by molar-refractivity contribution is -0.116. The fourth-order valence-electron chi connectivity index (χ4n) is 3.72. The summed E-state index contributed by atoms with van der Waals surface area (Å²) >= 11 is 0. The van der Waals surface area contributed by atoms with Crippen LogP contribution in [0.4, 0.5) is 20.6 Å². The van der Waals surface area contributed by atoms with Crippen molar-refractivity contribution in [3.05, 3.63) is 59.9 Å². The van der Waals surface area contributed by atoms with E-state index < -0.39 is 17.9 Å². The van der Waals surface area contributed by atoms with Gasteiger partial charge in [-0.05, 0) is 31.0 Å². The normalized spacial score (nSPS) is 15.3. The number of nitrogens with two attached hydrogens (primary N) is 1. The molecule has 0 bridgehead atoms. The number of nitrogens with one attached hydrogen (secondary N) is 2. The number of benzene rings is 2. The van der Waals surface area contributed by atoms with Crippen LogP contribution in [0.1, 0.15) is 43.7 Å². The SMILES string of the molecule is NC(=O)NC(CC(=O)Nc1ccccc1N1CCCCCC1)c1ccccc1F. The second-order valence-corrected chi connectivity index (χ2v) is 7.25. The van der Waals surface area contributed by atoms with Gasteiger partial charge in [0.25, 0.3) is 0 Å². The Morgan fingerprint density at radius 3 is 2.34 bits per heavy atom. The molecule has 2 aromatic rings. The minimum atomic E-state index is -0.848. The largest absolute Gasteiger partial charge is 0.370 e. The van der Waals surface area contributed by atoms with Gasteiger partial charge in [-0.1, -0.05) is 43.2 Å². The summed E-state index contributed by atoms with van der Waals surface area (Å²) in [7, 11) is 0. The molecular formula is C22H27FN4O2. The summed E-state index contributed by atoms with van der Waals surface area (Å²) < 4.78 is 14.2. The predicted molar refractivity (Wildman–Crippen MR) is 112 cm³/mol. The van der Waals surface area contributed by atoms with Crippen molar-refractivity contribution in [2.24, 2.45) is 5.73 Å². The summed E-state index contributed by atoms with van der Waals surface area (Å²) in [5.41, 5.74) is 7.15. The van der Waals surface area contributed by atoms with Crippen molar-refractivity contribution in [3.8, 4) is 0 Å². The van der Waals surface area contributed by atoms with E-state index in [2.05, 4.69) is 15.5 Å². The molecule has 2 aromatic carbocycles. The van der Waals surface area contributed by atoms with Gasteiger partial charge in [-0.3, -0.25) is 4.79 Å². The van der Waals surface area contributed by atoms with E-state index in [1.54, 1.807) is 12.1 Å². The van der Waals surface area contributed by atoms with E-state index in [9.17, 15) is 14.0 Å². The number of nitrogens with zero attached hydrogens (tertiary/aromatic N) is 1. The Kier molecular flexibility index (Phi) is 7.05. The Morgan fingerprint density at radius 1 is 1.00 bits per heavy atom. The van der Waals surface area contributed by atoms with Crippen molar-refractivity contribution in [2.45, 2.75) is 38.1 Å². The third-order valence-electron chi connectivity index (χ3n) is 5.11. The van der Waals surface area contributed by atoms with E-state index in [0.29, 0.717) is 5.69 Å². The number of halogens is 1. The second kappa shape index (κ2) is 9.91. The molecule has 0 aliphatic carbocycles. The second-order valence-electron chi connectivity index (χ2n) is 7.25. The number of rotatable bonds is 6. The lowest BCUT2D eigenvalue weighted by Crippen LogP contribution is -2.35. The van der Waals surface area contributed by atoms with Crippen LogP contribution in [0.3, 0.4) is 0 Å². The topological polar surface area (TPSA) is 87.5 Å². The molecule has 1 unspecified atom stereocenters. The molecule has 4 N–H and O–H groups in total. The Bertz CT molecular complexity index is 850. The van der Waals surface area contributed by atoms with E-state index in [4.69, 9.17) is 5.73 Å². The van der Waals surface area contributed by atoms with Crippen LogP contribution in [0, 0.1) is 5.82 Å². The molecule has 0 aromatic heterocycles. The summed E-state index contributed by atoms with van der Waals surface area (Å²) in [6, 6.07) is 12.0. The molecule has 1 fully saturated rings. The predicted octanol–water partition coefficient (Wildman–Crippen LogP) is 3.94. The summed E-state index contributed by atoms with van der Waals surface area (Å²) in [5, 5.41) is 5.39. The Morgan fingerprint density at radius 2 is 1.66 bits per heavy atom. The van der Waals surface area contributed by atoms with E-state index in [0.717, 1.165) is 31.6 Å². The van der Waals surface area contributed by atoms with Crippen LogP contribution >= 0.6 is 0 Å². The number of para-hydroxylation sites is 2. The van der Waals surface area contributed by atoms with Crippen LogP contribution in [0.25, 0.3) is 0 Å². The van der Waals surface area contributed by atoms with Crippen LogP contribution in [0.2, 0.25) is 0 Å². The van der Waals surface area contributed by atoms with Crippen LogP contribution in [-0.4, -0.2) is 25.0 Å². The standard InChI is InChI=1S/C22H27FN4O2/c23-17-10-4-3-9-16(17)19(26-22(24)29)15-21(28)25-18-11-5-6-12-20(18)27-13-7-1-2-8-14-27/h3-6,9-12,19H,1-2,7-8,13-15H2,(H,25,28)(H3,24,26,29). The molecular weight excluding hydrogens is 371 g/mol. The minimum Gasteiger partial charge on any atom is -0.370 e. The monoisotopic (exact) mass is 398 g/mol. The first-order valence-electron chi connectivity index (χ1n) is 9.99. The summed E-state index contributed by atoms with van der Waals surface area (Å²) in [6.07, 6.45) is 4.56. The molecule has 0 spiro atoms. The van der Waals surface area contributed by atoms with Gasteiger partial charge < -0.3 is 21.3 Å². The highest BCUT2D eigenvalue weighted by molar-refractivity contribution is 5.95. The average Bonchev–Trinajstić information content (AvgIpc) is 2.97. The van der Waals surface area contributed by atoms with Crippen LogP contribution < -0.4 is 21.3 Å². The van der Waals surface area contributed by atoms with Crippen LogP contribution in [0.5, 0.6) is 0 Å². The molecule has 154 valence electrons.